The van der Waals surface area contributed by atoms with E-state index in [4.69, 9.17) is 0 Å². The molecule has 2 aromatic carbocycles. The summed E-state index contributed by atoms with van der Waals surface area (Å²) < 4.78 is 1.81. The number of amides is 1. The molecular weight excluding hydrogens is 336 g/mol. The van der Waals surface area contributed by atoms with Gasteiger partial charge in [-0.25, -0.2) is 0 Å². The Bertz CT molecular complexity index is 1120. The molecule has 0 saturated heterocycles. The van der Waals surface area contributed by atoms with Crippen molar-refractivity contribution in [2.75, 3.05) is 5.32 Å². The third-order valence-electron chi connectivity index (χ3n) is 4.48. The largest absolute Gasteiger partial charge is 0.319 e. The van der Waals surface area contributed by atoms with Gasteiger partial charge >= 0.3 is 0 Å². The molecule has 2 heterocycles. The zero-order chi connectivity index (χ0) is 18.8. The number of rotatable bonds is 4. The summed E-state index contributed by atoms with van der Waals surface area (Å²) in [5.74, 6) is -0.178. The fourth-order valence-corrected chi connectivity index (χ4v) is 3.11. The first kappa shape index (κ1) is 17.0. The highest BCUT2D eigenvalue weighted by atomic mass is 16.1. The molecule has 27 heavy (non-hydrogen) atoms. The minimum atomic E-state index is -0.178. The van der Waals surface area contributed by atoms with Crippen molar-refractivity contribution in [1.82, 2.24) is 14.8 Å². The zero-order valence-electron chi connectivity index (χ0n) is 15.3. The van der Waals surface area contributed by atoms with Crippen molar-refractivity contribution >= 4 is 22.5 Å². The lowest BCUT2D eigenvalue weighted by molar-refractivity contribution is 0.102. The molecule has 0 aliphatic heterocycles. The van der Waals surface area contributed by atoms with Gasteiger partial charge in [-0.2, -0.15) is 5.10 Å². The van der Waals surface area contributed by atoms with Crippen molar-refractivity contribution < 1.29 is 4.79 Å². The van der Waals surface area contributed by atoms with Crippen molar-refractivity contribution in [2.24, 2.45) is 0 Å². The van der Waals surface area contributed by atoms with E-state index >= 15 is 0 Å². The number of carbonyl (C=O) groups excluding carboxylic acids is 1. The highest BCUT2D eigenvalue weighted by molar-refractivity contribution is 6.06. The van der Waals surface area contributed by atoms with E-state index in [-0.39, 0.29) is 5.91 Å². The van der Waals surface area contributed by atoms with Crippen LogP contribution < -0.4 is 5.32 Å². The maximum atomic E-state index is 12.7. The lowest BCUT2D eigenvalue weighted by Gasteiger charge is -2.08. The quantitative estimate of drug-likeness (QED) is 0.591. The second kappa shape index (κ2) is 7.03. The van der Waals surface area contributed by atoms with Gasteiger partial charge in [-0.1, -0.05) is 42.0 Å². The molecule has 0 unspecified atom stereocenters. The number of pyridine rings is 1. The van der Waals surface area contributed by atoms with Crippen LogP contribution in [0.2, 0.25) is 0 Å². The summed E-state index contributed by atoms with van der Waals surface area (Å²) >= 11 is 0. The number of benzene rings is 2. The van der Waals surface area contributed by atoms with Crippen LogP contribution in [-0.4, -0.2) is 20.7 Å². The predicted octanol–water partition coefficient (Wildman–Crippen LogP) is 4.35. The number of aryl methyl sites for hydroxylation is 2. The Kier molecular flexibility index (Phi) is 4.42. The number of fused-ring (bicyclic) bond motifs is 1. The van der Waals surface area contributed by atoms with Crippen LogP contribution in [0, 0.1) is 13.8 Å². The zero-order valence-corrected chi connectivity index (χ0v) is 15.3. The molecule has 0 saturated carbocycles. The van der Waals surface area contributed by atoms with Crippen LogP contribution in [0.5, 0.6) is 0 Å². The van der Waals surface area contributed by atoms with Crippen molar-refractivity contribution in [1.29, 1.82) is 0 Å². The Labute approximate surface area is 157 Å². The number of hydrogen-bond donors (Lipinski definition) is 1. The summed E-state index contributed by atoms with van der Waals surface area (Å²) in [5.41, 5.74) is 5.14. The van der Waals surface area contributed by atoms with E-state index in [0.717, 1.165) is 22.0 Å². The Morgan fingerprint density at radius 2 is 1.89 bits per heavy atom. The van der Waals surface area contributed by atoms with Gasteiger partial charge in [0.05, 0.1) is 35.2 Å². The maximum Gasteiger partial charge on any atom is 0.257 e. The molecule has 0 atom stereocenters. The average Bonchev–Trinajstić information content (AvgIpc) is 3.09. The summed E-state index contributed by atoms with van der Waals surface area (Å²) in [5, 5.41) is 8.21. The van der Waals surface area contributed by atoms with Crippen LogP contribution >= 0.6 is 0 Å². The third kappa shape index (κ3) is 3.72. The summed E-state index contributed by atoms with van der Waals surface area (Å²) in [6.45, 7) is 4.54. The van der Waals surface area contributed by atoms with E-state index < -0.39 is 0 Å². The highest BCUT2D eigenvalue weighted by Crippen LogP contribution is 2.19. The van der Waals surface area contributed by atoms with E-state index in [0.29, 0.717) is 23.5 Å². The first-order chi connectivity index (χ1) is 13.1. The molecule has 1 amide bonds. The van der Waals surface area contributed by atoms with E-state index in [2.05, 4.69) is 15.4 Å². The SMILES string of the molecule is Cc1ccc2nc(C)c(C(=O)Nc3cnn(Cc4ccccc4)c3)cc2c1. The minimum Gasteiger partial charge on any atom is -0.319 e. The minimum absolute atomic E-state index is 0.178. The molecule has 0 aliphatic carbocycles. The molecule has 5 nitrogen and oxygen atoms in total. The Morgan fingerprint density at radius 3 is 2.70 bits per heavy atom. The molecule has 4 rings (SSSR count). The molecule has 0 radical (unpaired) electrons. The van der Waals surface area contributed by atoms with Crippen LogP contribution in [0.3, 0.4) is 0 Å². The predicted molar refractivity (Wildman–Crippen MR) is 107 cm³/mol. The number of carbonyl (C=O) groups is 1. The third-order valence-corrected chi connectivity index (χ3v) is 4.48. The van der Waals surface area contributed by atoms with Gasteiger partial charge in [0.15, 0.2) is 0 Å². The van der Waals surface area contributed by atoms with Gasteiger partial charge in [0.1, 0.15) is 0 Å². The number of hydrogen-bond acceptors (Lipinski definition) is 3. The summed E-state index contributed by atoms with van der Waals surface area (Å²) in [6.07, 6.45) is 3.49. The monoisotopic (exact) mass is 356 g/mol. The fraction of sp³-hybridized carbons (Fsp3) is 0.136. The maximum absolute atomic E-state index is 12.7. The van der Waals surface area contributed by atoms with Gasteiger partial charge < -0.3 is 5.32 Å². The number of anilines is 1. The highest BCUT2D eigenvalue weighted by Gasteiger charge is 2.13. The Morgan fingerprint density at radius 1 is 1.07 bits per heavy atom. The van der Waals surface area contributed by atoms with Crippen molar-refractivity contribution in [2.45, 2.75) is 20.4 Å². The molecule has 0 fully saturated rings. The normalized spacial score (nSPS) is 10.9. The van der Waals surface area contributed by atoms with Gasteiger partial charge in [-0.05, 0) is 37.6 Å². The molecule has 134 valence electrons. The van der Waals surface area contributed by atoms with E-state index in [1.54, 1.807) is 10.9 Å². The molecule has 5 heteroatoms. The Balaban J connectivity index is 1.54. The van der Waals surface area contributed by atoms with Crippen LogP contribution in [0.25, 0.3) is 10.9 Å². The average molecular weight is 356 g/mol. The van der Waals surface area contributed by atoms with Crippen LogP contribution in [0.15, 0.2) is 67.0 Å². The van der Waals surface area contributed by atoms with Crippen molar-refractivity contribution in [3.63, 3.8) is 0 Å². The molecule has 0 bridgehead atoms. The standard InChI is InChI=1S/C22H20N4O/c1-15-8-9-21-18(10-15)11-20(16(2)24-21)22(27)25-19-12-23-26(14-19)13-17-6-4-3-5-7-17/h3-12,14H,13H2,1-2H3,(H,25,27). The van der Waals surface area contributed by atoms with E-state index in [1.165, 1.54) is 0 Å². The number of nitrogens with one attached hydrogen (secondary N) is 1. The first-order valence-corrected chi connectivity index (χ1v) is 8.84. The lowest BCUT2D eigenvalue weighted by Crippen LogP contribution is -2.14. The second-order valence-electron chi connectivity index (χ2n) is 6.68. The summed E-state index contributed by atoms with van der Waals surface area (Å²) in [6, 6.07) is 18.0. The van der Waals surface area contributed by atoms with Gasteiger partial charge in [0.2, 0.25) is 0 Å². The molecule has 1 N–H and O–H groups in total. The summed E-state index contributed by atoms with van der Waals surface area (Å²) in [4.78, 5) is 17.3. The molecule has 4 aromatic rings. The van der Waals surface area contributed by atoms with Gasteiger partial charge in [-0.3, -0.25) is 14.5 Å². The second-order valence-corrected chi connectivity index (χ2v) is 6.68. The molecule has 0 aliphatic rings. The van der Waals surface area contributed by atoms with Gasteiger partial charge in [0.25, 0.3) is 5.91 Å². The first-order valence-electron chi connectivity index (χ1n) is 8.84. The van der Waals surface area contributed by atoms with Gasteiger partial charge in [-0.15, -0.1) is 0 Å². The van der Waals surface area contributed by atoms with E-state index in [1.807, 2.05) is 74.6 Å². The van der Waals surface area contributed by atoms with Crippen molar-refractivity contribution in [3.8, 4) is 0 Å². The van der Waals surface area contributed by atoms with E-state index in [9.17, 15) is 4.79 Å². The topological polar surface area (TPSA) is 59.8 Å². The van der Waals surface area contributed by atoms with Crippen molar-refractivity contribution in [3.05, 3.63) is 89.4 Å². The smallest absolute Gasteiger partial charge is 0.257 e. The number of aromatic nitrogens is 3. The fourth-order valence-electron chi connectivity index (χ4n) is 3.11. The Hall–Kier alpha value is -3.47. The molecule has 0 spiro atoms. The lowest BCUT2D eigenvalue weighted by atomic mass is 10.1. The number of nitrogens with zero attached hydrogens (tertiary/aromatic N) is 3. The van der Waals surface area contributed by atoms with Crippen LogP contribution in [0.1, 0.15) is 27.2 Å². The van der Waals surface area contributed by atoms with Gasteiger partial charge in [0, 0.05) is 11.6 Å². The molecular formula is C22H20N4O. The van der Waals surface area contributed by atoms with Crippen LogP contribution in [-0.2, 0) is 6.54 Å². The molecule has 2 aromatic heterocycles. The van der Waals surface area contributed by atoms with Crippen LogP contribution in [0.4, 0.5) is 5.69 Å². The summed E-state index contributed by atoms with van der Waals surface area (Å²) in [7, 11) is 0.